The summed E-state index contributed by atoms with van der Waals surface area (Å²) in [6.07, 6.45) is 2.51. The number of fused-ring (bicyclic) bond motifs is 1. The van der Waals surface area contributed by atoms with Crippen LogP contribution in [0.2, 0.25) is 5.02 Å². The zero-order valence-electron chi connectivity index (χ0n) is 19.4. The Morgan fingerprint density at radius 2 is 2.03 bits per heavy atom. The molecule has 2 atom stereocenters. The molecular formula is C26H28ClN5O2. The number of nitrogens with zero attached hydrogens (tertiary/aromatic N) is 4. The Hall–Kier alpha value is -3.32. The van der Waals surface area contributed by atoms with Gasteiger partial charge >= 0.3 is 6.03 Å². The molecule has 0 radical (unpaired) electrons. The second-order valence-corrected chi connectivity index (χ2v) is 9.19. The van der Waals surface area contributed by atoms with Crippen LogP contribution in [0, 0.1) is 6.92 Å². The van der Waals surface area contributed by atoms with Crippen LogP contribution >= 0.6 is 11.6 Å². The number of benzene rings is 2. The number of amides is 2. The van der Waals surface area contributed by atoms with Crippen LogP contribution < -0.4 is 5.32 Å². The first-order valence-corrected chi connectivity index (χ1v) is 12.1. The summed E-state index contributed by atoms with van der Waals surface area (Å²) in [4.78, 5) is 20.0. The predicted octanol–water partition coefficient (Wildman–Crippen LogP) is 6.03. The fourth-order valence-corrected chi connectivity index (χ4v) is 4.78. The number of rotatable bonds is 6. The molecule has 176 valence electrons. The third kappa shape index (κ3) is 4.53. The van der Waals surface area contributed by atoms with Crippen LogP contribution in [-0.4, -0.2) is 32.2 Å². The maximum atomic E-state index is 13.4. The summed E-state index contributed by atoms with van der Waals surface area (Å²) >= 11 is 6.04. The maximum absolute atomic E-state index is 13.4. The lowest BCUT2D eigenvalue weighted by molar-refractivity contribution is 0.183. The van der Waals surface area contributed by atoms with Gasteiger partial charge in [0.1, 0.15) is 23.0 Å². The van der Waals surface area contributed by atoms with Crippen molar-refractivity contribution in [2.75, 3.05) is 6.54 Å². The van der Waals surface area contributed by atoms with Gasteiger partial charge in [0, 0.05) is 17.0 Å². The van der Waals surface area contributed by atoms with Gasteiger partial charge < -0.3 is 14.6 Å². The van der Waals surface area contributed by atoms with Gasteiger partial charge in [-0.05, 0) is 56.0 Å². The van der Waals surface area contributed by atoms with E-state index in [0.717, 1.165) is 47.4 Å². The van der Waals surface area contributed by atoms with Crippen molar-refractivity contribution in [1.29, 1.82) is 0 Å². The molecule has 2 aromatic carbocycles. The predicted molar refractivity (Wildman–Crippen MR) is 132 cm³/mol. The van der Waals surface area contributed by atoms with Gasteiger partial charge in [0.05, 0.1) is 18.6 Å². The van der Waals surface area contributed by atoms with Crippen LogP contribution in [0.25, 0.3) is 11.0 Å². The Kier molecular flexibility index (Phi) is 6.28. The fourth-order valence-electron chi connectivity index (χ4n) is 4.66. The SMILES string of the molecule is CC[C@H](NC(=O)N1CCC[C@@H]1c1nc(C)nn1Cc1ccc(Cl)cc1)c1cc2ccccc2o1. The summed E-state index contributed by atoms with van der Waals surface area (Å²) in [5.41, 5.74) is 1.91. The molecular weight excluding hydrogens is 450 g/mol. The number of carbonyl (C=O) groups is 1. The highest BCUT2D eigenvalue weighted by Crippen LogP contribution is 2.32. The average Bonchev–Trinajstić information content (AvgIpc) is 3.56. The molecule has 5 rings (SSSR count). The minimum absolute atomic E-state index is 0.103. The molecule has 0 aliphatic carbocycles. The molecule has 4 aromatic rings. The third-order valence-corrected chi connectivity index (χ3v) is 6.61. The molecule has 1 aliphatic heterocycles. The van der Waals surface area contributed by atoms with E-state index >= 15 is 0 Å². The van der Waals surface area contributed by atoms with Gasteiger partial charge in [0.15, 0.2) is 0 Å². The van der Waals surface area contributed by atoms with Crippen molar-refractivity contribution in [1.82, 2.24) is 25.0 Å². The molecule has 2 amide bonds. The van der Waals surface area contributed by atoms with Crippen molar-refractivity contribution in [3.63, 3.8) is 0 Å². The molecule has 1 N–H and O–H groups in total. The number of aryl methyl sites for hydroxylation is 1. The molecule has 0 saturated carbocycles. The van der Waals surface area contributed by atoms with Crippen molar-refractivity contribution >= 4 is 28.6 Å². The summed E-state index contributed by atoms with van der Waals surface area (Å²) in [5.74, 6) is 2.29. The maximum Gasteiger partial charge on any atom is 0.318 e. The summed E-state index contributed by atoms with van der Waals surface area (Å²) in [5, 5.41) is 9.54. The zero-order valence-corrected chi connectivity index (χ0v) is 20.1. The second-order valence-electron chi connectivity index (χ2n) is 8.75. The van der Waals surface area contributed by atoms with Gasteiger partial charge in [-0.2, -0.15) is 5.10 Å². The van der Waals surface area contributed by atoms with Crippen LogP contribution in [0.5, 0.6) is 0 Å². The largest absolute Gasteiger partial charge is 0.459 e. The van der Waals surface area contributed by atoms with E-state index in [-0.39, 0.29) is 18.1 Å². The van der Waals surface area contributed by atoms with E-state index in [9.17, 15) is 4.79 Å². The molecule has 0 spiro atoms. The van der Waals surface area contributed by atoms with E-state index in [1.165, 1.54) is 0 Å². The minimum Gasteiger partial charge on any atom is -0.459 e. The van der Waals surface area contributed by atoms with Gasteiger partial charge in [0.2, 0.25) is 0 Å². The number of carbonyl (C=O) groups excluding carboxylic acids is 1. The molecule has 0 unspecified atom stereocenters. The lowest BCUT2D eigenvalue weighted by Gasteiger charge is -2.27. The Bertz CT molecular complexity index is 1260. The summed E-state index contributed by atoms with van der Waals surface area (Å²) in [7, 11) is 0. The van der Waals surface area contributed by atoms with Crippen molar-refractivity contribution in [2.45, 2.75) is 51.7 Å². The van der Waals surface area contributed by atoms with E-state index in [0.29, 0.717) is 23.9 Å². The monoisotopic (exact) mass is 477 g/mol. The number of urea groups is 1. The fraction of sp³-hybridized carbons (Fsp3) is 0.346. The molecule has 8 heteroatoms. The Labute approximate surface area is 203 Å². The van der Waals surface area contributed by atoms with Gasteiger partial charge in [-0.15, -0.1) is 0 Å². The number of likely N-dealkylation sites (tertiary alicyclic amines) is 1. The van der Waals surface area contributed by atoms with Crippen molar-refractivity contribution in [3.05, 3.63) is 82.6 Å². The highest BCUT2D eigenvalue weighted by molar-refractivity contribution is 6.30. The van der Waals surface area contributed by atoms with Gasteiger partial charge in [-0.1, -0.05) is 48.9 Å². The van der Waals surface area contributed by atoms with Crippen LogP contribution in [-0.2, 0) is 6.54 Å². The van der Waals surface area contributed by atoms with Crippen LogP contribution in [0.4, 0.5) is 4.79 Å². The van der Waals surface area contributed by atoms with Gasteiger partial charge in [-0.3, -0.25) is 0 Å². The van der Waals surface area contributed by atoms with Gasteiger partial charge in [-0.25, -0.2) is 14.5 Å². The highest BCUT2D eigenvalue weighted by atomic mass is 35.5. The third-order valence-electron chi connectivity index (χ3n) is 6.36. The summed E-state index contributed by atoms with van der Waals surface area (Å²) in [6, 6.07) is 17.2. The second kappa shape index (κ2) is 9.50. The Morgan fingerprint density at radius 1 is 1.24 bits per heavy atom. The van der Waals surface area contributed by atoms with Gasteiger partial charge in [0.25, 0.3) is 0 Å². The number of halogens is 1. The van der Waals surface area contributed by atoms with Crippen molar-refractivity contribution in [2.24, 2.45) is 0 Å². The van der Waals surface area contributed by atoms with Crippen LogP contribution in [0.1, 0.15) is 61.2 Å². The lowest BCUT2D eigenvalue weighted by Crippen LogP contribution is -2.41. The number of hydrogen-bond acceptors (Lipinski definition) is 4. The highest BCUT2D eigenvalue weighted by Gasteiger charge is 2.35. The first-order valence-electron chi connectivity index (χ1n) is 11.7. The van der Waals surface area contributed by atoms with E-state index in [1.54, 1.807) is 0 Å². The summed E-state index contributed by atoms with van der Waals surface area (Å²) < 4.78 is 7.93. The topological polar surface area (TPSA) is 76.2 Å². The van der Waals surface area contributed by atoms with Crippen molar-refractivity contribution in [3.8, 4) is 0 Å². The molecule has 34 heavy (non-hydrogen) atoms. The molecule has 2 aromatic heterocycles. The molecule has 7 nitrogen and oxygen atoms in total. The zero-order chi connectivity index (χ0) is 23.7. The first kappa shape index (κ1) is 22.5. The minimum atomic E-state index is -0.199. The van der Waals surface area contributed by atoms with Crippen molar-refractivity contribution < 1.29 is 9.21 Å². The van der Waals surface area contributed by atoms with E-state index in [4.69, 9.17) is 21.0 Å². The smallest absolute Gasteiger partial charge is 0.318 e. The average molecular weight is 478 g/mol. The number of nitrogens with one attached hydrogen (secondary N) is 1. The molecule has 1 aliphatic rings. The number of hydrogen-bond donors (Lipinski definition) is 1. The normalized spacial score (nSPS) is 16.8. The summed E-state index contributed by atoms with van der Waals surface area (Å²) in [6.45, 7) is 5.19. The number of aromatic nitrogens is 3. The van der Waals surface area contributed by atoms with E-state index < -0.39 is 0 Å². The quantitative estimate of drug-likeness (QED) is 0.367. The number of furan rings is 1. The Morgan fingerprint density at radius 3 is 2.79 bits per heavy atom. The standard InChI is InChI=1S/C26H28ClN5O2/c1-3-21(24-15-19-7-4-5-9-23(19)34-24)29-26(33)31-14-6-8-22(31)25-28-17(2)30-32(25)16-18-10-12-20(27)13-11-18/h4-5,7,9-13,15,21-22H,3,6,8,14,16H2,1-2H3,(H,29,33)/t21-,22+/m0/s1. The van der Waals surface area contributed by atoms with Crippen LogP contribution in [0.3, 0.4) is 0 Å². The molecule has 3 heterocycles. The van der Waals surface area contributed by atoms with E-state index in [1.807, 2.05) is 78.0 Å². The van der Waals surface area contributed by atoms with E-state index in [2.05, 4.69) is 10.4 Å². The first-order chi connectivity index (χ1) is 16.5. The number of para-hydroxylation sites is 1. The lowest BCUT2D eigenvalue weighted by atomic mass is 10.1. The van der Waals surface area contributed by atoms with Crippen LogP contribution in [0.15, 0.2) is 59.0 Å². The molecule has 1 saturated heterocycles. The Balaban J connectivity index is 1.35. The molecule has 0 bridgehead atoms. The molecule has 1 fully saturated rings.